The summed E-state index contributed by atoms with van der Waals surface area (Å²) < 4.78 is 5.07. The zero-order valence-electron chi connectivity index (χ0n) is 7.16. The van der Waals surface area contributed by atoms with E-state index >= 15 is 0 Å². The summed E-state index contributed by atoms with van der Waals surface area (Å²) in [6.07, 6.45) is 3.22. The van der Waals surface area contributed by atoms with Gasteiger partial charge in [0, 0.05) is 5.92 Å². The normalized spacial score (nSPS) is 19.5. The number of nitrogens with zero attached hydrogens (tertiary/aromatic N) is 2. The van der Waals surface area contributed by atoms with Crippen LogP contribution in [0.25, 0.3) is 0 Å². The minimum Gasteiger partial charge on any atom is -0.339 e. The third-order valence-corrected chi connectivity index (χ3v) is 2.16. The molecule has 0 aliphatic heterocycles. The van der Waals surface area contributed by atoms with E-state index < -0.39 is 0 Å². The molecule has 1 aliphatic rings. The Balaban J connectivity index is 2.12. The average Bonchev–Trinajstić information content (AvgIpc) is 2.83. The summed E-state index contributed by atoms with van der Waals surface area (Å²) in [5.41, 5.74) is 5.74. The summed E-state index contributed by atoms with van der Waals surface area (Å²) in [6, 6.07) is -0.0683. The highest BCUT2D eigenvalue weighted by Gasteiger charge is 2.30. The largest absolute Gasteiger partial charge is 0.339 e. The Labute approximate surface area is 71.1 Å². The topological polar surface area (TPSA) is 64.9 Å². The number of hydrogen-bond donors (Lipinski definition) is 1. The van der Waals surface area contributed by atoms with Gasteiger partial charge in [0.1, 0.15) is 0 Å². The van der Waals surface area contributed by atoms with Crippen LogP contribution in [0, 0.1) is 0 Å². The monoisotopic (exact) mass is 167 g/mol. The molecule has 1 aliphatic carbocycles. The van der Waals surface area contributed by atoms with Crippen LogP contribution in [0.15, 0.2) is 4.52 Å². The lowest BCUT2D eigenvalue weighted by Crippen LogP contribution is -2.10. The highest BCUT2D eigenvalue weighted by atomic mass is 16.5. The minimum absolute atomic E-state index is 0.0683. The molecule has 2 rings (SSSR count). The van der Waals surface area contributed by atoms with Crippen LogP contribution in [0.2, 0.25) is 0 Å². The fourth-order valence-corrected chi connectivity index (χ4v) is 1.08. The first kappa shape index (κ1) is 7.73. The number of nitrogens with two attached hydrogens (primary N) is 1. The van der Waals surface area contributed by atoms with E-state index in [1.54, 1.807) is 0 Å². The zero-order valence-corrected chi connectivity index (χ0v) is 7.16. The van der Waals surface area contributed by atoms with Crippen molar-refractivity contribution in [1.82, 2.24) is 10.1 Å². The molecule has 2 N–H and O–H groups in total. The van der Waals surface area contributed by atoms with Gasteiger partial charge in [0.15, 0.2) is 5.82 Å². The van der Waals surface area contributed by atoms with Crippen LogP contribution in [0.4, 0.5) is 0 Å². The molecule has 1 aromatic rings. The second-order valence-corrected chi connectivity index (χ2v) is 3.28. The maximum absolute atomic E-state index is 5.74. The first-order valence-electron chi connectivity index (χ1n) is 4.40. The van der Waals surface area contributed by atoms with Crippen molar-refractivity contribution in [3.8, 4) is 0 Å². The Kier molecular flexibility index (Phi) is 1.84. The van der Waals surface area contributed by atoms with Crippen molar-refractivity contribution < 1.29 is 4.52 Å². The molecule has 1 saturated carbocycles. The Morgan fingerprint density at radius 2 is 2.42 bits per heavy atom. The van der Waals surface area contributed by atoms with E-state index in [9.17, 15) is 0 Å². The maximum Gasteiger partial charge on any atom is 0.229 e. The van der Waals surface area contributed by atoms with Gasteiger partial charge >= 0.3 is 0 Å². The minimum atomic E-state index is -0.0683. The fraction of sp³-hybridized carbons (Fsp3) is 0.750. The Hall–Kier alpha value is -0.900. The van der Waals surface area contributed by atoms with E-state index in [1.165, 1.54) is 12.8 Å². The van der Waals surface area contributed by atoms with Gasteiger partial charge in [0.05, 0.1) is 6.04 Å². The molecule has 4 heteroatoms. The van der Waals surface area contributed by atoms with Crippen molar-refractivity contribution >= 4 is 0 Å². The highest BCUT2D eigenvalue weighted by Crippen LogP contribution is 2.39. The van der Waals surface area contributed by atoms with Crippen LogP contribution < -0.4 is 5.73 Å². The second-order valence-electron chi connectivity index (χ2n) is 3.28. The Morgan fingerprint density at radius 3 is 3.00 bits per heavy atom. The van der Waals surface area contributed by atoms with Gasteiger partial charge in [0.2, 0.25) is 5.89 Å². The maximum atomic E-state index is 5.74. The second kappa shape index (κ2) is 2.86. The van der Waals surface area contributed by atoms with Crippen LogP contribution in [0.1, 0.15) is 49.9 Å². The zero-order chi connectivity index (χ0) is 8.55. The molecule has 0 radical (unpaired) electrons. The van der Waals surface area contributed by atoms with Crippen LogP contribution in [0.5, 0.6) is 0 Å². The summed E-state index contributed by atoms with van der Waals surface area (Å²) >= 11 is 0. The molecule has 1 heterocycles. The van der Waals surface area contributed by atoms with Crippen molar-refractivity contribution in [3.05, 3.63) is 11.7 Å². The van der Waals surface area contributed by atoms with Gasteiger partial charge in [-0.2, -0.15) is 4.98 Å². The first-order valence-corrected chi connectivity index (χ1v) is 4.40. The average molecular weight is 167 g/mol. The first-order chi connectivity index (χ1) is 5.81. The van der Waals surface area contributed by atoms with Crippen molar-refractivity contribution in [1.29, 1.82) is 0 Å². The summed E-state index contributed by atoms with van der Waals surface area (Å²) in [4.78, 5) is 4.24. The van der Waals surface area contributed by atoms with Crippen molar-refractivity contribution in [2.24, 2.45) is 5.73 Å². The van der Waals surface area contributed by atoms with Gasteiger partial charge in [-0.05, 0) is 19.3 Å². The Morgan fingerprint density at radius 1 is 1.67 bits per heavy atom. The lowest BCUT2D eigenvalue weighted by atomic mass is 10.2. The molecule has 0 bridgehead atoms. The summed E-state index contributed by atoms with van der Waals surface area (Å²) in [5.74, 6) is 1.95. The summed E-state index contributed by atoms with van der Waals surface area (Å²) in [7, 11) is 0. The molecule has 66 valence electrons. The molecule has 1 atom stereocenters. The van der Waals surface area contributed by atoms with E-state index in [0.717, 1.165) is 12.3 Å². The number of hydrogen-bond acceptors (Lipinski definition) is 4. The summed E-state index contributed by atoms with van der Waals surface area (Å²) in [6.45, 7) is 2.01. The van der Waals surface area contributed by atoms with Gasteiger partial charge in [-0.3, -0.25) is 0 Å². The third-order valence-electron chi connectivity index (χ3n) is 2.16. The van der Waals surface area contributed by atoms with Crippen molar-refractivity contribution in [3.63, 3.8) is 0 Å². The van der Waals surface area contributed by atoms with Gasteiger partial charge in [-0.1, -0.05) is 12.1 Å². The quantitative estimate of drug-likeness (QED) is 0.738. The lowest BCUT2D eigenvalue weighted by molar-refractivity contribution is 0.370. The van der Waals surface area contributed by atoms with Gasteiger partial charge < -0.3 is 10.3 Å². The molecule has 4 nitrogen and oxygen atoms in total. The molecule has 0 spiro atoms. The molecule has 1 aromatic heterocycles. The third kappa shape index (κ3) is 1.34. The standard InChI is InChI=1S/C8H13N3O/c1-2-6(9)7-10-8(12-11-7)5-3-4-5/h5-6H,2-4,9H2,1H3/t6-/m1/s1. The molecule has 12 heavy (non-hydrogen) atoms. The molecular formula is C8H13N3O. The van der Waals surface area contributed by atoms with E-state index in [0.29, 0.717) is 11.7 Å². The van der Waals surface area contributed by atoms with Crippen LogP contribution in [-0.4, -0.2) is 10.1 Å². The highest BCUT2D eigenvalue weighted by molar-refractivity contribution is 5.03. The summed E-state index contributed by atoms with van der Waals surface area (Å²) in [5, 5.41) is 3.84. The van der Waals surface area contributed by atoms with Crippen LogP contribution in [0.3, 0.4) is 0 Å². The molecule has 0 saturated heterocycles. The van der Waals surface area contributed by atoms with Crippen LogP contribution in [-0.2, 0) is 0 Å². The molecule has 0 amide bonds. The van der Waals surface area contributed by atoms with Crippen LogP contribution >= 0.6 is 0 Å². The molecule has 0 unspecified atom stereocenters. The number of aromatic nitrogens is 2. The smallest absolute Gasteiger partial charge is 0.229 e. The SMILES string of the molecule is CC[C@@H](N)c1noc(C2CC2)n1. The molecular weight excluding hydrogens is 154 g/mol. The molecule has 0 aromatic carbocycles. The van der Waals surface area contributed by atoms with E-state index in [4.69, 9.17) is 10.3 Å². The number of rotatable bonds is 3. The molecule has 1 fully saturated rings. The van der Waals surface area contributed by atoms with Gasteiger partial charge in [-0.25, -0.2) is 0 Å². The van der Waals surface area contributed by atoms with Crippen molar-refractivity contribution in [2.45, 2.75) is 38.1 Å². The van der Waals surface area contributed by atoms with E-state index in [1.807, 2.05) is 6.92 Å². The predicted octanol–water partition coefficient (Wildman–Crippen LogP) is 1.36. The van der Waals surface area contributed by atoms with Crippen molar-refractivity contribution in [2.75, 3.05) is 0 Å². The van der Waals surface area contributed by atoms with Gasteiger partial charge in [-0.15, -0.1) is 0 Å². The van der Waals surface area contributed by atoms with E-state index in [-0.39, 0.29) is 6.04 Å². The fourth-order valence-electron chi connectivity index (χ4n) is 1.08. The Bertz CT molecular complexity index is 267. The predicted molar refractivity (Wildman–Crippen MR) is 43.5 cm³/mol. The van der Waals surface area contributed by atoms with Gasteiger partial charge in [0.25, 0.3) is 0 Å². The lowest BCUT2D eigenvalue weighted by Gasteiger charge is -1.99. The van der Waals surface area contributed by atoms with E-state index in [2.05, 4.69) is 10.1 Å².